The van der Waals surface area contributed by atoms with Gasteiger partial charge in [0.1, 0.15) is 5.82 Å². The Balaban J connectivity index is 1.81. The third-order valence-corrected chi connectivity index (χ3v) is 6.16. The Hall–Kier alpha value is -2.65. The number of hydrogen-bond acceptors (Lipinski definition) is 4. The van der Waals surface area contributed by atoms with E-state index in [0.717, 1.165) is 35.3 Å². The van der Waals surface area contributed by atoms with Crippen LogP contribution in [0.25, 0.3) is 22.2 Å². The molecule has 0 unspecified atom stereocenters. The molecule has 1 aliphatic rings. The number of fused-ring (bicyclic) bond motifs is 1. The minimum atomic E-state index is -4.68. The van der Waals surface area contributed by atoms with E-state index in [4.69, 9.17) is 9.72 Å². The molecule has 0 bridgehead atoms. The molecule has 172 valence electrons. The summed E-state index contributed by atoms with van der Waals surface area (Å²) >= 11 is 0. The van der Waals surface area contributed by atoms with Crippen molar-refractivity contribution in [3.63, 3.8) is 0 Å². The molecule has 1 saturated heterocycles. The van der Waals surface area contributed by atoms with E-state index in [0.29, 0.717) is 24.3 Å². The van der Waals surface area contributed by atoms with Crippen LogP contribution in [0.2, 0.25) is 0 Å². The van der Waals surface area contributed by atoms with E-state index < -0.39 is 13.0 Å². The monoisotopic (exact) mass is 449 g/mol. The number of nitrogens with zero attached hydrogens (tertiary/aromatic N) is 3. The van der Waals surface area contributed by atoms with Gasteiger partial charge in [-0.2, -0.15) is 0 Å². The first-order valence-electron chi connectivity index (χ1n) is 10.5. The average Bonchev–Trinajstić information content (AvgIpc) is 3.10. The fourth-order valence-electron chi connectivity index (χ4n) is 4.32. The van der Waals surface area contributed by atoms with Crippen LogP contribution in [0.1, 0.15) is 31.2 Å². The number of benzene rings is 1. The number of aryl methyl sites for hydroxylation is 2. The van der Waals surface area contributed by atoms with Crippen molar-refractivity contribution in [2.45, 2.75) is 45.0 Å². The number of rotatable bonds is 5. The fraction of sp³-hybridized carbons (Fsp3) is 0.478. The van der Waals surface area contributed by atoms with E-state index in [1.54, 1.807) is 20.2 Å². The van der Waals surface area contributed by atoms with E-state index >= 15 is 0 Å². The Morgan fingerprint density at radius 2 is 1.91 bits per heavy atom. The minimum Gasteiger partial charge on any atom is -0.381 e. The van der Waals surface area contributed by atoms with Crippen LogP contribution in [0.5, 0.6) is 0 Å². The molecule has 0 N–H and O–H groups in total. The number of ether oxygens (including phenoxy) is 2. The summed E-state index contributed by atoms with van der Waals surface area (Å²) in [5, 5.41) is 0. The van der Waals surface area contributed by atoms with Gasteiger partial charge in [-0.1, -0.05) is 13.0 Å². The van der Waals surface area contributed by atoms with Crippen LogP contribution >= 0.6 is 0 Å². The van der Waals surface area contributed by atoms with E-state index in [1.807, 2.05) is 28.8 Å². The molecule has 9 heteroatoms. The van der Waals surface area contributed by atoms with Crippen LogP contribution in [-0.2, 0) is 28.5 Å². The van der Waals surface area contributed by atoms with Gasteiger partial charge in [-0.15, -0.1) is 13.2 Å². The highest BCUT2D eigenvalue weighted by molar-refractivity contribution is 5.83. The number of hydrogen-bond donors (Lipinski definition) is 0. The molecule has 0 atom stereocenters. The second-order valence-corrected chi connectivity index (χ2v) is 8.59. The molecule has 1 aliphatic heterocycles. The predicted octanol–water partition coefficient (Wildman–Crippen LogP) is 4.31. The Labute approximate surface area is 183 Å². The van der Waals surface area contributed by atoms with E-state index in [-0.39, 0.29) is 17.5 Å². The zero-order chi connectivity index (χ0) is 23.1. The van der Waals surface area contributed by atoms with Crippen LogP contribution in [-0.4, -0.2) is 40.3 Å². The van der Waals surface area contributed by atoms with E-state index in [1.165, 1.54) is 4.57 Å². The van der Waals surface area contributed by atoms with Crippen LogP contribution in [0.3, 0.4) is 0 Å². The van der Waals surface area contributed by atoms with Crippen LogP contribution in [0.15, 0.2) is 35.3 Å². The highest BCUT2D eigenvalue weighted by atomic mass is 19.4. The quantitative estimate of drug-likeness (QED) is 0.582. The van der Waals surface area contributed by atoms with Gasteiger partial charge in [0.05, 0.1) is 17.6 Å². The first-order valence-corrected chi connectivity index (χ1v) is 10.5. The van der Waals surface area contributed by atoms with Gasteiger partial charge in [-0.25, -0.2) is 4.98 Å². The number of imidazole rings is 1. The normalized spacial score (nSPS) is 16.6. The van der Waals surface area contributed by atoms with Gasteiger partial charge in [-0.05, 0) is 49.1 Å². The number of pyridine rings is 1. The van der Waals surface area contributed by atoms with E-state index in [9.17, 15) is 18.0 Å². The predicted molar refractivity (Wildman–Crippen MR) is 115 cm³/mol. The highest BCUT2D eigenvalue weighted by Crippen LogP contribution is 2.36. The molecular weight excluding hydrogens is 423 g/mol. The van der Waals surface area contributed by atoms with Gasteiger partial charge < -0.3 is 13.9 Å². The van der Waals surface area contributed by atoms with Crippen molar-refractivity contribution in [2.24, 2.45) is 7.05 Å². The maximum Gasteiger partial charge on any atom is 0.522 e. The molecule has 1 fully saturated rings. The molecule has 3 heterocycles. The third kappa shape index (κ3) is 4.45. The Bertz CT molecular complexity index is 1160. The minimum absolute atomic E-state index is 0.0253. The zero-order valence-electron chi connectivity index (χ0n) is 18.3. The largest absolute Gasteiger partial charge is 0.522 e. The lowest BCUT2D eigenvalue weighted by molar-refractivity contribution is -0.325. The van der Waals surface area contributed by atoms with Gasteiger partial charge in [0.15, 0.2) is 0 Å². The van der Waals surface area contributed by atoms with Gasteiger partial charge in [0.2, 0.25) is 0 Å². The number of halogens is 3. The lowest BCUT2D eigenvalue weighted by atomic mass is 9.81. The average molecular weight is 449 g/mol. The van der Waals surface area contributed by atoms with Crippen molar-refractivity contribution in [2.75, 3.05) is 19.8 Å². The summed E-state index contributed by atoms with van der Waals surface area (Å²) < 4.78 is 50.8. The second-order valence-electron chi connectivity index (χ2n) is 8.59. The maximum absolute atomic E-state index is 12.6. The fourth-order valence-corrected chi connectivity index (χ4v) is 4.32. The van der Waals surface area contributed by atoms with Gasteiger partial charge in [0, 0.05) is 44.0 Å². The summed E-state index contributed by atoms with van der Waals surface area (Å²) in [7, 11) is 1.69. The molecule has 0 spiro atoms. The van der Waals surface area contributed by atoms with Crippen LogP contribution < -0.4 is 5.56 Å². The molecule has 0 aliphatic carbocycles. The molecule has 6 nitrogen and oxygen atoms in total. The first kappa shape index (κ1) is 22.5. The van der Waals surface area contributed by atoms with Gasteiger partial charge in [-0.3, -0.25) is 9.53 Å². The summed E-state index contributed by atoms with van der Waals surface area (Å²) in [5.41, 5.74) is 3.41. The topological polar surface area (TPSA) is 58.3 Å². The first-order chi connectivity index (χ1) is 15.1. The van der Waals surface area contributed by atoms with Crippen molar-refractivity contribution < 1.29 is 22.6 Å². The third-order valence-electron chi connectivity index (χ3n) is 6.16. The SMILES string of the molecule is Cc1cc(-c2ccc3nc(C4(C)CCOCC4)n(CCOC(F)(F)F)c3c2)cn(C)c1=O. The molecule has 0 amide bonds. The van der Waals surface area contributed by atoms with Gasteiger partial charge >= 0.3 is 6.36 Å². The van der Waals surface area contributed by atoms with Crippen molar-refractivity contribution in [1.82, 2.24) is 14.1 Å². The van der Waals surface area contributed by atoms with Crippen LogP contribution in [0.4, 0.5) is 13.2 Å². The molecule has 32 heavy (non-hydrogen) atoms. The molecule has 3 aromatic rings. The Morgan fingerprint density at radius 1 is 1.19 bits per heavy atom. The summed E-state index contributed by atoms with van der Waals surface area (Å²) in [5.74, 6) is 0.746. The lowest BCUT2D eigenvalue weighted by Gasteiger charge is -2.33. The van der Waals surface area contributed by atoms with Gasteiger partial charge in [0.25, 0.3) is 5.56 Å². The van der Waals surface area contributed by atoms with Crippen molar-refractivity contribution in [3.05, 3.63) is 52.2 Å². The molecule has 4 rings (SSSR count). The Kier molecular flexibility index (Phi) is 5.89. The smallest absolute Gasteiger partial charge is 0.381 e. The molecular formula is C23H26F3N3O3. The maximum atomic E-state index is 12.6. The second kappa shape index (κ2) is 8.37. The molecule has 1 aromatic carbocycles. The molecule has 2 aromatic heterocycles. The summed E-state index contributed by atoms with van der Waals surface area (Å²) in [6, 6.07) is 7.53. The van der Waals surface area contributed by atoms with E-state index in [2.05, 4.69) is 11.7 Å². The van der Waals surface area contributed by atoms with Crippen molar-refractivity contribution in [3.8, 4) is 11.1 Å². The standard InChI is InChI=1S/C23H26F3N3O3/c1-15-12-17(14-28(3)20(15)30)16-4-5-18-19(13-16)29(8-11-32-23(24,25)26)21(27-18)22(2)6-9-31-10-7-22/h4-5,12-14H,6-11H2,1-3H3. The van der Waals surface area contributed by atoms with Crippen LogP contribution in [0, 0.1) is 6.92 Å². The Morgan fingerprint density at radius 3 is 2.56 bits per heavy atom. The number of alkyl halides is 3. The van der Waals surface area contributed by atoms with Crippen molar-refractivity contribution >= 4 is 11.0 Å². The molecule has 0 radical (unpaired) electrons. The number of aromatic nitrogens is 3. The molecule has 0 saturated carbocycles. The summed E-state index contributed by atoms with van der Waals surface area (Å²) in [6.45, 7) is 4.53. The highest BCUT2D eigenvalue weighted by Gasteiger charge is 2.35. The summed E-state index contributed by atoms with van der Waals surface area (Å²) in [4.78, 5) is 16.9. The lowest BCUT2D eigenvalue weighted by Crippen LogP contribution is -2.34. The van der Waals surface area contributed by atoms with Crippen molar-refractivity contribution in [1.29, 1.82) is 0 Å². The summed E-state index contributed by atoms with van der Waals surface area (Å²) in [6.07, 6.45) is -1.45. The zero-order valence-corrected chi connectivity index (χ0v) is 18.3.